The van der Waals surface area contributed by atoms with E-state index in [9.17, 15) is 39.3 Å². The van der Waals surface area contributed by atoms with Gasteiger partial charge in [0.2, 0.25) is 0 Å². The van der Waals surface area contributed by atoms with Crippen LogP contribution in [0, 0.1) is 16.7 Å². The summed E-state index contributed by atoms with van der Waals surface area (Å²) in [6.07, 6.45) is -10.4. The van der Waals surface area contributed by atoms with Crippen molar-refractivity contribution in [2.45, 2.75) is 141 Å². The molecular weight excluding hydrogens is 798 g/mol. The van der Waals surface area contributed by atoms with E-state index in [1.165, 1.54) is 58.2 Å². The molecule has 11 atom stereocenters. The van der Waals surface area contributed by atoms with E-state index in [-0.39, 0.29) is 41.9 Å². The Hall–Kier alpha value is -5.10. The molecule has 1 aromatic heterocycles. The lowest BCUT2D eigenvalue weighted by Gasteiger charge is -2.68. The van der Waals surface area contributed by atoms with Gasteiger partial charge in [-0.2, -0.15) is 0 Å². The van der Waals surface area contributed by atoms with Crippen molar-refractivity contribution in [3.8, 4) is 0 Å². The van der Waals surface area contributed by atoms with Crippen LogP contribution in [0.1, 0.15) is 104 Å². The van der Waals surface area contributed by atoms with Crippen LogP contribution in [-0.2, 0) is 47.6 Å². The van der Waals surface area contributed by atoms with E-state index in [1.807, 2.05) is 0 Å². The number of furan rings is 1. The van der Waals surface area contributed by atoms with Gasteiger partial charge >= 0.3 is 30.0 Å². The summed E-state index contributed by atoms with van der Waals surface area (Å²) in [5.74, 6) is -6.21. The molecule has 3 fully saturated rings. The summed E-state index contributed by atoms with van der Waals surface area (Å²) < 4.78 is 41.1. The van der Waals surface area contributed by atoms with Crippen LogP contribution in [0.2, 0.25) is 0 Å². The third-order valence-electron chi connectivity index (χ3n) is 12.8. The van der Waals surface area contributed by atoms with Crippen molar-refractivity contribution in [1.82, 2.24) is 5.32 Å². The van der Waals surface area contributed by atoms with Gasteiger partial charge < -0.3 is 53.5 Å². The Kier molecular flexibility index (Phi) is 12.1. The zero-order valence-corrected chi connectivity index (χ0v) is 35.7. The molecule has 3 aliphatic carbocycles. The lowest BCUT2D eigenvalue weighted by Crippen LogP contribution is -2.82. The number of benzene rings is 1. The van der Waals surface area contributed by atoms with Crippen molar-refractivity contribution >= 4 is 35.8 Å². The molecule has 2 heterocycles. The lowest BCUT2D eigenvalue weighted by molar-refractivity contribution is -0.358. The number of esters is 4. The second kappa shape index (κ2) is 16.3. The highest BCUT2D eigenvalue weighted by molar-refractivity contribution is 6.02. The van der Waals surface area contributed by atoms with Gasteiger partial charge in [0, 0.05) is 42.6 Å². The normalized spacial score (nSPS) is 32.6. The standard InChI is InChI=1S/C44H55NO16/c1-10-29(47)58-27-19-28-43(21-56-28,60-23(3)46)34-36(59-37(51)24-15-12-11-13-16-24)44(54)20-26(22(2)30(41(44,7)8)32(48)35(50)42(27,34)9)57-38(52)33(49)31(25-17-14-18-55-25)45-39(53)61-40(4,5)6/h11-18,26-28,31,33-36,49-50,54H,10,19-21H2,1-9H3,(H,45,53)/t26-,27-,28+,31-,33+,34?,35?,36-,42+,43-,44+/m0/s1. The molecule has 1 saturated heterocycles. The van der Waals surface area contributed by atoms with E-state index in [0.717, 1.165) is 6.92 Å². The summed E-state index contributed by atoms with van der Waals surface area (Å²) in [7, 11) is 0. The predicted octanol–water partition coefficient (Wildman–Crippen LogP) is 3.81. The first-order valence-electron chi connectivity index (χ1n) is 20.3. The number of rotatable bonds is 10. The molecule has 0 spiro atoms. The number of nitrogens with one attached hydrogen (secondary N) is 1. The molecule has 4 N–H and O–H groups in total. The number of alkyl carbamates (subject to hydrolysis) is 1. The summed E-state index contributed by atoms with van der Waals surface area (Å²) in [4.78, 5) is 82.4. The number of carbonyl (C=O) groups is 6. The highest BCUT2D eigenvalue weighted by Crippen LogP contribution is 2.65. The molecule has 1 aromatic carbocycles. The van der Waals surface area contributed by atoms with Crippen molar-refractivity contribution in [3.05, 3.63) is 71.2 Å². The quantitative estimate of drug-likeness (QED) is 0.196. The van der Waals surface area contributed by atoms with E-state index < -0.39 is 118 Å². The van der Waals surface area contributed by atoms with Gasteiger partial charge in [-0.1, -0.05) is 45.9 Å². The fraction of sp³-hybridized carbons (Fsp3) is 0.591. The number of ketones is 1. The average molecular weight is 854 g/mol. The summed E-state index contributed by atoms with van der Waals surface area (Å²) in [5.41, 5.74) is -8.83. The summed E-state index contributed by atoms with van der Waals surface area (Å²) in [5, 5.41) is 40.1. The van der Waals surface area contributed by atoms with Crippen LogP contribution in [0.3, 0.4) is 0 Å². The average Bonchev–Trinajstić information content (AvgIpc) is 3.72. The van der Waals surface area contributed by atoms with Crippen LogP contribution in [0.15, 0.2) is 64.3 Å². The number of ether oxygens (including phenoxy) is 6. The number of amides is 1. The molecule has 1 aliphatic heterocycles. The van der Waals surface area contributed by atoms with E-state index in [1.54, 1.807) is 45.9 Å². The molecule has 332 valence electrons. The second-order valence-electron chi connectivity index (χ2n) is 18.0. The van der Waals surface area contributed by atoms with Gasteiger partial charge in [0.15, 0.2) is 17.5 Å². The maximum absolute atomic E-state index is 15.1. The fourth-order valence-electron chi connectivity index (χ4n) is 9.71. The number of fused-ring (bicyclic) bond motifs is 5. The van der Waals surface area contributed by atoms with Gasteiger partial charge in [0.1, 0.15) is 53.5 Å². The van der Waals surface area contributed by atoms with Gasteiger partial charge in [-0.3, -0.25) is 14.4 Å². The van der Waals surface area contributed by atoms with E-state index in [0.29, 0.717) is 0 Å². The molecule has 4 aliphatic rings. The maximum atomic E-state index is 15.1. The van der Waals surface area contributed by atoms with Gasteiger partial charge in [-0.05, 0) is 57.5 Å². The van der Waals surface area contributed by atoms with Crippen molar-refractivity contribution in [1.29, 1.82) is 0 Å². The van der Waals surface area contributed by atoms with Crippen LogP contribution in [0.5, 0.6) is 0 Å². The first-order chi connectivity index (χ1) is 28.4. The first-order valence-corrected chi connectivity index (χ1v) is 20.3. The van der Waals surface area contributed by atoms with Crippen LogP contribution < -0.4 is 5.32 Å². The molecule has 2 saturated carbocycles. The number of Topliss-reactive ketones (excluding diaryl/α,β-unsaturated/α-hetero) is 1. The number of carbonyl (C=O) groups excluding carboxylic acids is 6. The molecule has 2 bridgehead atoms. The Balaban J connectivity index is 1.52. The van der Waals surface area contributed by atoms with Crippen molar-refractivity contribution in [2.75, 3.05) is 6.61 Å². The zero-order valence-electron chi connectivity index (χ0n) is 35.7. The van der Waals surface area contributed by atoms with Crippen molar-refractivity contribution in [3.63, 3.8) is 0 Å². The van der Waals surface area contributed by atoms with Gasteiger partial charge in [0.05, 0.1) is 24.4 Å². The fourth-order valence-corrected chi connectivity index (χ4v) is 9.71. The molecule has 6 rings (SSSR count). The van der Waals surface area contributed by atoms with Crippen molar-refractivity contribution < 1.29 is 76.9 Å². The predicted molar refractivity (Wildman–Crippen MR) is 210 cm³/mol. The highest BCUT2D eigenvalue weighted by Gasteiger charge is 2.78. The number of aliphatic hydroxyl groups is 3. The maximum Gasteiger partial charge on any atom is 0.408 e. The summed E-state index contributed by atoms with van der Waals surface area (Å²) in [6.45, 7) is 13.2. The Morgan fingerprint density at radius 3 is 2.23 bits per heavy atom. The third-order valence-corrected chi connectivity index (χ3v) is 12.8. The Labute approximate surface area is 353 Å². The Bertz CT molecular complexity index is 2070. The van der Waals surface area contributed by atoms with E-state index in [4.69, 9.17) is 32.8 Å². The highest BCUT2D eigenvalue weighted by atomic mass is 16.6. The van der Waals surface area contributed by atoms with Gasteiger partial charge in [0.25, 0.3) is 0 Å². The van der Waals surface area contributed by atoms with E-state index in [2.05, 4.69) is 5.32 Å². The van der Waals surface area contributed by atoms with Crippen molar-refractivity contribution in [2.24, 2.45) is 16.7 Å². The van der Waals surface area contributed by atoms with Crippen LogP contribution in [-0.4, -0.2) is 111 Å². The minimum absolute atomic E-state index is 0.0342. The Morgan fingerprint density at radius 1 is 1.00 bits per heavy atom. The SMILES string of the molecule is CCC(=O)O[C@H]1C[C@H]2OC[C@@]2(OC(C)=O)C2[C@H](OC(=O)c3ccccc3)[C@]3(O)C[C@H](OC(=O)[C@H](O)[C@@H](NC(=O)OC(C)(C)C)c4ccco4)C(C)=C(C(=O)C(O)[C@@]21C)C3(C)C. The molecule has 0 radical (unpaired) electrons. The van der Waals surface area contributed by atoms with Crippen LogP contribution in [0.4, 0.5) is 4.79 Å². The van der Waals surface area contributed by atoms with Gasteiger partial charge in [-0.15, -0.1) is 0 Å². The summed E-state index contributed by atoms with van der Waals surface area (Å²) >= 11 is 0. The number of aliphatic hydroxyl groups excluding tert-OH is 2. The molecule has 2 aromatic rings. The van der Waals surface area contributed by atoms with Crippen LogP contribution >= 0.6 is 0 Å². The molecule has 2 unspecified atom stereocenters. The molecular formula is C44H55NO16. The minimum atomic E-state index is -2.43. The van der Waals surface area contributed by atoms with E-state index >= 15 is 4.79 Å². The monoisotopic (exact) mass is 853 g/mol. The third kappa shape index (κ3) is 7.85. The Morgan fingerprint density at radius 2 is 1.67 bits per heavy atom. The molecule has 17 heteroatoms. The van der Waals surface area contributed by atoms with Crippen LogP contribution in [0.25, 0.3) is 0 Å². The number of hydrogen-bond donors (Lipinski definition) is 4. The first kappa shape index (κ1) is 45.4. The van der Waals surface area contributed by atoms with Gasteiger partial charge in [-0.25, -0.2) is 14.4 Å². The number of hydrogen-bond acceptors (Lipinski definition) is 16. The zero-order chi connectivity index (χ0) is 45.0. The minimum Gasteiger partial charge on any atom is -0.467 e. The topological polar surface area (TPSA) is 244 Å². The molecule has 17 nitrogen and oxygen atoms in total. The lowest BCUT2D eigenvalue weighted by atomic mass is 9.44. The second-order valence-corrected chi connectivity index (χ2v) is 18.0. The molecule has 1 amide bonds. The largest absolute Gasteiger partial charge is 0.467 e. The summed E-state index contributed by atoms with van der Waals surface area (Å²) in [6, 6.07) is 9.16. The smallest absolute Gasteiger partial charge is 0.408 e. The molecule has 61 heavy (non-hydrogen) atoms.